The van der Waals surface area contributed by atoms with Gasteiger partial charge in [-0.3, -0.25) is 4.79 Å². The molecule has 0 saturated carbocycles. The third-order valence-corrected chi connectivity index (χ3v) is 9.37. The summed E-state index contributed by atoms with van der Waals surface area (Å²) in [6.45, 7) is 1.47. The van der Waals surface area contributed by atoms with Crippen molar-refractivity contribution in [2.75, 3.05) is 48.1 Å². The zero-order chi connectivity index (χ0) is 26.6. The number of thiazole rings is 1. The number of aromatic nitrogens is 1. The van der Waals surface area contributed by atoms with Crippen LogP contribution >= 0.6 is 11.3 Å². The first kappa shape index (κ1) is 27.1. The largest absolute Gasteiger partial charge is 0.497 e. The number of hydrogen-bond acceptors (Lipinski definition) is 8. The summed E-state index contributed by atoms with van der Waals surface area (Å²) in [5.41, 5.74) is 0.867. The summed E-state index contributed by atoms with van der Waals surface area (Å²) in [5.74, 6) is 1.16. The van der Waals surface area contributed by atoms with Gasteiger partial charge in [0.1, 0.15) is 5.75 Å². The van der Waals surface area contributed by atoms with Crippen molar-refractivity contribution in [1.82, 2.24) is 8.87 Å². The fourth-order valence-corrected chi connectivity index (χ4v) is 6.85. The Kier molecular flexibility index (Phi) is 8.53. The van der Waals surface area contributed by atoms with E-state index >= 15 is 0 Å². The van der Waals surface area contributed by atoms with Crippen LogP contribution in [-0.2, 0) is 26.1 Å². The van der Waals surface area contributed by atoms with Crippen molar-refractivity contribution in [2.24, 2.45) is 10.9 Å². The lowest BCUT2D eigenvalue weighted by atomic mass is 9.98. The lowest BCUT2D eigenvalue weighted by Crippen LogP contribution is -2.40. The maximum absolute atomic E-state index is 13.2. The van der Waals surface area contributed by atoms with Gasteiger partial charge >= 0.3 is 0 Å². The maximum atomic E-state index is 13.2. The molecule has 0 spiro atoms. The van der Waals surface area contributed by atoms with Crippen LogP contribution in [0.25, 0.3) is 10.2 Å². The predicted octanol–water partition coefficient (Wildman–Crippen LogP) is 2.90. The molecule has 37 heavy (non-hydrogen) atoms. The molecule has 0 bridgehead atoms. The quantitative estimate of drug-likeness (QED) is 0.404. The van der Waals surface area contributed by atoms with Gasteiger partial charge in [-0.1, -0.05) is 11.3 Å². The first-order chi connectivity index (χ1) is 17.8. The molecule has 1 fully saturated rings. The van der Waals surface area contributed by atoms with Crippen LogP contribution in [0.15, 0.2) is 46.3 Å². The summed E-state index contributed by atoms with van der Waals surface area (Å²) in [7, 11) is 2.65. The molecule has 1 amide bonds. The van der Waals surface area contributed by atoms with E-state index < -0.39 is 10.0 Å². The molecule has 0 unspecified atom stereocenters. The van der Waals surface area contributed by atoms with Crippen LogP contribution in [0.5, 0.6) is 17.2 Å². The van der Waals surface area contributed by atoms with E-state index in [0.717, 1.165) is 10.2 Å². The van der Waals surface area contributed by atoms with Crippen LogP contribution in [0.4, 0.5) is 0 Å². The van der Waals surface area contributed by atoms with Gasteiger partial charge in [0, 0.05) is 44.8 Å². The van der Waals surface area contributed by atoms with Gasteiger partial charge in [0.25, 0.3) is 5.91 Å². The number of piperidine rings is 1. The topological polar surface area (TPSA) is 109 Å². The van der Waals surface area contributed by atoms with Gasteiger partial charge in [0.15, 0.2) is 16.3 Å². The van der Waals surface area contributed by atoms with Crippen molar-refractivity contribution in [1.29, 1.82) is 0 Å². The molecule has 0 aliphatic carbocycles. The molecule has 1 aromatic heterocycles. The molecule has 0 atom stereocenters. The van der Waals surface area contributed by atoms with Gasteiger partial charge in [0.2, 0.25) is 10.0 Å². The molecule has 1 aliphatic heterocycles. The van der Waals surface area contributed by atoms with Crippen molar-refractivity contribution in [3.05, 3.63) is 41.2 Å². The fraction of sp³-hybridized carbons (Fsp3) is 0.440. The second-order valence-electron chi connectivity index (χ2n) is 8.51. The first-order valence-corrected chi connectivity index (χ1v) is 14.0. The highest BCUT2D eigenvalue weighted by molar-refractivity contribution is 7.89. The standard InChI is InChI=1S/C25H31N3O7S2/c1-32-14-13-28-20-15-21(34-3)22(35-4)16-23(20)36-25(28)26-24(29)17-9-11-27(12-10-17)37(30,31)19-7-5-18(33-2)6-8-19/h5-8,15-17H,9-14H2,1-4H3. The number of ether oxygens (including phenoxy) is 4. The van der Waals surface area contributed by atoms with Crippen LogP contribution in [0.3, 0.4) is 0 Å². The van der Waals surface area contributed by atoms with E-state index in [-0.39, 0.29) is 29.8 Å². The molecular formula is C25H31N3O7S2. The number of rotatable bonds is 9. The van der Waals surface area contributed by atoms with Gasteiger partial charge < -0.3 is 23.5 Å². The average Bonchev–Trinajstić information content (AvgIpc) is 3.26. The normalized spacial score (nSPS) is 15.7. The monoisotopic (exact) mass is 549 g/mol. The van der Waals surface area contributed by atoms with Gasteiger partial charge in [0.05, 0.1) is 43.0 Å². The number of fused-ring (bicyclic) bond motifs is 1. The minimum atomic E-state index is -3.65. The summed E-state index contributed by atoms with van der Waals surface area (Å²) < 4.78 is 51.6. The van der Waals surface area contributed by atoms with Crippen LogP contribution in [-0.4, -0.2) is 71.3 Å². The Morgan fingerprint density at radius 3 is 2.24 bits per heavy atom. The molecule has 0 radical (unpaired) electrons. The summed E-state index contributed by atoms with van der Waals surface area (Å²) in [5, 5.41) is 0. The molecule has 1 aliphatic rings. The van der Waals surface area contributed by atoms with Crippen molar-refractivity contribution >= 4 is 37.5 Å². The fourth-order valence-electron chi connectivity index (χ4n) is 4.31. The maximum Gasteiger partial charge on any atom is 0.251 e. The minimum absolute atomic E-state index is 0.207. The number of benzene rings is 2. The number of hydrogen-bond donors (Lipinski definition) is 0. The second-order valence-corrected chi connectivity index (χ2v) is 11.5. The molecular weight excluding hydrogens is 518 g/mol. The van der Waals surface area contributed by atoms with E-state index in [1.807, 2.05) is 16.7 Å². The third kappa shape index (κ3) is 5.66. The smallest absolute Gasteiger partial charge is 0.251 e. The third-order valence-electron chi connectivity index (χ3n) is 6.41. The molecule has 1 saturated heterocycles. The highest BCUT2D eigenvalue weighted by Gasteiger charge is 2.32. The SMILES string of the molecule is COCCn1c(=NC(=O)C2CCN(S(=O)(=O)c3ccc(OC)cc3)CC2)sc2cc(OC)c(OC)cc21. The number of sulfonamides is 1. The summed E-state index contributed by atoms with van der Waals surface area (Å²) in [6, 6.07) is 10.0. The Morgan fingerprint density at radius 2 is 1.65 bits per heavy atom. The zero-order valence-corrected chi connectivity index (χ0v) is 22.9. The molecule has 2 aromatic carbocycles. The number of amides is 1. The van der Waals surface area contributed by atoms with Crippen molar-refractivity contribution in [3.8, 4) is 17.2 Å². The number of methoxy groups -OCH3 is 4. The van der Waals surface area contributed by atoms with Gasteiger partial charge in [-0.2, -0.15) is 9.30 Å². The molecule has 3 aromatic rings. The lowest BCUT2D eigenvalue weighted by Gasteiger charge is -2.29. The average molecular weight is 550 g/mol. The number of carbonyl (C=O) groups excluding carboxylic acids is 1. The Labute approximate surface area is 220 Å². The predicted molar refractivity (Wildman–Crippen MR) is 140 cm³/mol. The van der Waals surface area contributed by atoms with E-state index in [1.54, 1.807) is 33.5 Å². The van der Waals surface area contributed by atoms with Gasteiger partial charge in [-0.05, 0) is 37.1 Å². The van der Waals surface area contributed by atoms with E-state index in [9.17, 15) is 13.2 Å². The summed E-state index contributed by atoms with van der Waals surface area (Å²) >= 11 is 1.39. The van der Waals surface area contributed by atoms with E-state index in [0.29, 0.717) is 48.0 Å². The summed E-state index contributed by atoms with van der Waals surface area (Å²) in [4.78, 5) is 18.4. The summed E-state index contributed by atoms with van der Waals surface area (Å²) in [6.07, 6.45) is 0.810. The molecule has 2 heterocycles. The van der Waals surface area contributed by atoms with Crippen LogP contribution in [0.2, 0.25) is 0 Å². The van der Waals surface area contributed by atoms with Crippen molar-refractivity contribution < 1.29 is 32.2 Å². The number of carbonyl (C=O) groups is 1. The Balaban J connectivity index is 1.55. The van der Waals surface area contributed by atoms with Crippen LogP contribution in [0, 0.1) is 5.92 Å². The van der Waals surface area contributed by atoms with Crippen LogP contribution in [0.1, 0.15) is 12.8 Å². The van der Waals surface area contributed by atoms with E-state index in [1.165, 1.54) is 34.9 Å². The molecule has 12 heteroatoms. The van der Waals surface area contributed by atoms with Gasteiger partial charge in [-0.25, -0.2) is 8.42 Å². The molecule has 0 N–H and O–H groups in total. The molecule has 10 nitrogen and oxygen atoms in total. The van der Waals surface area contributed by atoms with Crippen molar-refractivity contribution in [2.45, 2.75) is 24.3 Å². The van der Waals surface area contributed by atoms with E-state index in [4.69, 9.17) is 18.9 Å². The molecule has 4 rings (SSSR count). The zero-order valence-electron chi connectivity index (χ0n) is 21.3. The van der Waals surface area contributed by atoms with E-state index in [2.05, 4.69) is 4.99 Å². The molecule has 200 valence electrons. The highest BCUT2D eigenvalue weighted by atomic mass is 32.2. The van der Waals surface area contributed by atoms with Crippen LogP contribution < -0.4 is 19.0 Å². The Morgan fingerprint density at radius 1 is 1.00 bits per heavy atom. The number of nitrogens with zero attached hydrogens (tertiary/aromatic N) is 3. The highest BCUT2D eigenvalue weighted by Crippen LogP contribution is 2.33. The Hall–Kier alpha value is -2.93. The second kappa shape index (κ2) is 11.6. The van der Waals surface area contributed by atoms with Crippen molar-refractivity contribution in [3.63, 3.8) is 0 Å². The minimum Gasteiger partial charge on any atom is -0.497 e. The Bertz CT molecular complexity index is 1420. The van der Waals surface area contributed by atoms with Gasteiger partial charge in [-0.15, -0.1) is 0 Å². The lowest BCUT2D eigenvalue weighted by molar-refractivity contribution is -0.122. The first-order valence-electron chi connectivity index (χ1n) is 11.8.